The highest BCUT2D eigenvalue weighted by Crippen LogP contribution is 2.18. The van der Waals surface area contributed by atoms with Crippen LogP contribution in [-0.2, 0) is 19.5 Å². The second-order valence-electron chi connectivity index (χ2n) is 3.49. The van der Waals surface area contributed by atoms with Crippen LogP contribution in [0.4, 0.5) is 0 Å². The second kappa shape index (κ2) is 2.86. The number of fused-ring (bicyclic) bond motifs is 1. The van der Waals surface area contributed by atoms with Crippen molar-refractivity contribution in [1.82, 2.24) is 14.8 Å². The molecule has 1 aliphatic heterocycles. The Balaban J connectivity index is 2.32. The zero-order valence-electron chi connectivity index (χ0n) is 7.32. The molecule has 1 aromatic rings. The average molecular weight is 166 g/mol. The monoisotopic (exact) mass is 166 g/mol. The summed E-state index contributed by atoms with van der Waals surface area (Å²) < 4.78 is 2.15. The maximum atomic E-state index is 5.53. The molecule has 2 heterocycles. The predicted molar refractivity (Wildman–Crippen MR) is 45.4 cm³/mol. The molecule has 4 nitrogen and oxygen atoms in total. The van der Waals surface area contributed by atoms with Gasteiger partial charge in [-0.25, -0.2) is 0 Å². The maximum absolute atomic E-state index is 5.53. The molecule has 12 heavy (non-hydrogen) atoms. The van der Waals surface area contributed by atoms with Gasteiger partial charge >= 0.3 is 0 Å². The van der Waals surface area contributed by atoms with Crippen molar-refractivity contribution in [2.75, 3.05) is 0 Å². The van der Waals surface area contributed by atoms with Crippen LogP contribution in [0, 0.1) is 5.92 Å². The van der Waals surface area contributed by atoms with Crippen LogP contribution in [-0.4, -0.2) is 14.8 Å². The molecule has 1 aromatic heterocycles. The van der Waals surface area contributed by atoms with Gasteiger partial charge in [-0.15, -0.1) is 10.2 Å². The van der Waals surface area contributed by atoms with E-state index in [4.69, 9.17) is 5.73 Å². The van der Waals surface area contributed by atoms with Crippen LogP contribution in [0.1, 0.15) is 25.0 Å². The zero-order valence-corrected chi connectivity index (χ0v) is 7.32. The molecule has 0 aromatic carbocycles. The van der Waals surface area contributed by atoms with Gasteiger partial charge in [0.25, 0.3) is 0 Å². The number of hydrogen-bond acceptors (Lipinski definition) is 3. The quantitative estimate of drug-likeness (QED) is 0.653. The minimum Gasteiger partial charge on any atom is -0.324 e. The van der Waals surface area contributed by atoms with Crippen LogP contribution in [0.15, 0.2) is 0 Å². The summed E-state index contributed by atoms with van der Waals surface area (Å²) in [4.78, 5) is 0. The highest BCUT2D eigenvalue weighted by atomic mass is 15.3. The van der Waals surface area contributed by atoms with Crippen molar-refractivity contribution in [3.8, 4) is 0 Å². The van der Waals surface area contributed by atoms with Crippen LogP contribution < -0.4 is 5.73 Å². The molecule has 0 amide bonds. The molecule has 2 N–H and O–H groups in total. The number of aromatic nitrogens is 3. The van der Waals surface area contributed by atoms with Crippen LogP contribution in [0.2, 0.25) is 0 Å². The topological polar surface area (TPSA) is 56.7 Å². The van der Waals surface area contributed by atoms with Crippen molar-refractivity contribution in [2.24, 2.45) is 11.7 Å². The summed E-state index contributed by atoms with van der Waals surface area (Å²) in [6.07, 6.45) is 2.27. The van der Waals surface area contributed by atoms with E-state index in [1.54, 1.807) is 0 Å². The number of nitrogens with two attached hydrogens (primary N) is 1. The maximum Gasteiger partial charge on any atom is 0.146 e. The first-order valence-corrected chi connectivity index (χ1v) is 4.42. The summed E-state index contributed by atoms with van der Waals surface area (Å²) in [5.74, 6) is 2.78. The van der Waals surface area contributed by atoms with E-state index < -0.39 is 0 Å². The van der Waals surface area contributed by atoms with Crippen molar-refractivity contribution < 1.29 is 0 Å². The SMILES string of the molecule is CC1CCn2c(CN)nnc2C1. The Labute approximate surface area is 71.8 Å². The van der Waals surface area contributed by atoms with Gasteiger partial charge in [-0.05, 0) is 12.3 Å². The fraction of sp³-hybridized carbons (Fsp3) is 0.750. The molecule has 0 spiro atoms. The number of hydrogen-bond donors (Lipinski definition) is 1. The summed E-state index contributed by atoms with van der Waals surface area (Å²) in [7, 11) is 0. The molecule has 0 fully saturated rings. The van der Waals surface area contributed by atoms with Crippen LogP contribution in [0.3, 0.4) is 0 Å². The minimum absolute atomic E-state index is 0.501. The Bertz CT molecular complexity index is 279. The lowest BCUT2D eigenvalue weighted by molar-refractivity contribution is 0.403. The molecule has 1 aliphatic rings. The molecule has 0 bridgehead atoms. The largest absolute Gasteiger partial charge is 0.324 e. The van der Waals surface area contributed by atoms with Crippen molar-refractivity contribution in [3.63, 3.8) is 0 Å². The average Bonchev–Trinajstić information content (AvgIpc) is 2.46. The summed E-state index contributed by atoms with van der Waals surface area (Å²) in [5.41, 5.74) is 5.53. The third-order valence-corrected chi connectivity index (χ3v) is 2.46. The predicted octanol–water partition coefficient (Wildman–Crippen LogP) is 0.319. The third-order valence-electron chi connectivity index (χ3n) is 2.46. The smallest absolute Gasteiger partial charge is 0.146 e. The fourth-order valence-electron chi connectivity index (χ4n) is 1.70. The fourth-order valence-corrected chi connectivity index (χ4v) is 1.70. The van der Waals surface area contributed by atoms with E-state index in [1.807, 2.05) is 0 Å². The molecule has 2 rings (SSSR count). The standard InChI is InChI=1S/C8H14N4/c1-6-2-3-12-7(4-6)10-11-8(12)5-9/h6H,2-5,9H2,1H3. The normalized spacial score (nSPS) is 22.3. The summed E-state index contributed by atoms with van der Waals surface area (Å²) >= 11 is 0. The van der Waals surface area contributed by atoms with Crippen molar-refractivity contribution in [2.45, 2.75) is 32.9 Å². The molecule has 1 atom stereocenters. The molecular weight excluding hydrogens is 152 g/mol. The lowest BCUT2D eigenvalue weighted by Crippen LogP contribution is -2.20. The van der Waals surface area contributed by atoms with Gasteiger partial charge in [0, 0.05) is 13.0 Å². The van der Waals surface area contributed by atoms with E-state index in [2.05, 4.69) is 21.7 Å². The van der Waals surface area contributed by atoms with Crippen LogP contribution in [0.5, 0.6) is 0 Å². The van der Waals surface area contributed by atoms with Crippen LogP contribution >= 0.6 is 0 Å². The van der Waals surface area contributed by atoms with Crippen molar-refractivity contribution >= 4 is 0 Å². The molecule has 4 heteroatoms. The number of rotatable bonds is 1. The Hall–Kier alpha value is -0.900. The summed E-state index contributed by atoms with van der Waals surface area (Å²) in [6, 6.07) is 0. The molecule has 66 valence electrons. The lowest BCUT2D eigenvalue weighted by atomic mass is 10.0. The van der Waals surface area contributed by atoms with E-state index in [0.717, 1.165) is 30.5 Å². The first-order valence-electron chi connectivity index (χ1n) is 4.42. The summed E-state index contributed by atoms with van der Waals surface area (Å²) in [6.45, 7) is 3.79. The van der Waals surface area contributed by atoms with Gasteiger partial charge in [0.15, 0.2) is 0 Å². The summed E-state index contributed by atoms with van der Waals surface area (Å²) in [5, 5.41) is 8.15. The molecule has 1 unspecified atom stereocenters. The van der Waals surface area contributed by atoms with Gasteiger partial charge in [0.05, 0.1) is 6.54 Å². The van der Waals surface area contributed by atoms with E-state index in [0.29, 0.717) is 6.54 Å². The molecule has 0 aliphatic carbocycles. The van der Waals surface area contributed by atoms with E-state index in [-0.39, 0.29) is 0 Å². The van der Waals surface area contributed by atoms with Crippen molar-refractivity contribution in [3.05, 3.63) is 11.6 Å². The van der Waals surface area contributed by atoms with Crippen LogP contribution in [0.25, 0.3) is 0 Å². The second-order valence-corrected chi connectivity index (χ2v) is 3.49. The Morgan fingerprint density at radius 1 is 1.58 bits per heavy atom. The van der Waals surface area contributed by atoms with Gasteiger partial charge in [-0.3, -0.25) is 0 Å². The number of nitrogens with zero attached hydrogens (tertiary/aromatic N) is 3. The van der Waals surface area contributed by atoms with Gasteiger partial charge in [-0.1, -0.05) is 6.92 Å². The minimum atomic E-state index is 0.501. The van der Waals surface area contributed by atoms with Gasteiger partial charge in [0.1, 0.15) is 11.6 Å². The first kappa shape index (κ1) is 7.73. The van der Waals surface area contributed by atoms with Crippen molar-refractivity contribution in [1.29, 1.82) is 0 Å². The lowest BCUT2D eigenvalue weighted by Gasteiger charge is -2.19. The van der Waals surface area contributed by atoms with E-state index >= 15 is 0 Å². The Morgan fingerprint density at radius 3 is 3.17 bits per heavy atom. The molecule has 0 saturated heterocycles. The zero-order chi connectivity index (χ0) is 8.55. The molecule has 0 saturated carbocycles. The third kappa shape index (κ3) is 1.12. The first-order chi connectivity index (χ1) is 5.81. The van der Waals surface area contributed by atoms with E-state index in [1.165, 1.54) is 6.42 Å². The highest BCUT2D eigenvalue weighted by Gasteiger charge is 2.18. The molecular formula is C8H14N4. The molecule has 0 radical (unpaired) electrons. The van der Waals surface area contributed by atoms with E-state index in [9.17, 15) is 0 Å². The van der Waals surface area contributed by atoms with Gasteiger partial charge < -0.3 is 10.3 Å². The van der Waals surface area contributed by atoms with Gasteiger partial charge in [-0.2, -0.15) is 0 Å². The van der Waals surface area contributed by atoms with Gasteiger partial charge in [0.2, 0.25) is 0 Å². The Morgan fingerprint density at radius 2 is 2.42 bits per heavy atom. The Kier molecular flexibility index (Phi) is 1.84. The highest BCUT2D eigenvalue weighted by molar-refractivity contribution is 4.99.